The van der Waals surface area contributed by atoms with Crippen molar-refractivity contribution in [1.82, 2.24) is 24.6 Å². The van der Waals surface area contributed by atoms with Crippen LogP contribution in [0.25, 0.3) is 21.9 Å². The zero-order valence-corrected chi connectivity index (χ0v) is 26.9. The molecule has 4 N–H and O–H groups in total. The van der Waals surface area contributed by atoms with Gasteiger partial charge >= 0.3 is 13.7 Å². The Morgan fingerprint density at radius 3 is 2.74 bits per heavy atom. The van der Waals surface area contributed by atoms with Gasteiger partial charge < -0.3 is 29.6 Å². The number of nitrogens with two attached hydrogens (primary N) is 1. The van der Waals surface area contributed by atoms with Crippen LogP contribution in [0.15, 0.2) is 48.8 Å². The molecular weight excluding hydrogens is 615 g/mol. The lowest BCUT2D eigenvalue weighted by Gasteiger charge is -2.27. The largest absolute Gasteiger partial charge is 0.479 e. The van der Waals surface area contributed by atoms with E-state index in [1.54, 1.807) is 30.5 Å². The van der Waals surface area contributed by atoms with E-state index in [9.17, 15) is 14.5 Å². The predicted molar refractivity (Wildman–Crippen MR) is 169 cm³/mol. The molecule has 1 saturated heterocycles. The fraction of sp³-hybridized carbons (Fsp3) is 0.484. The molecule has 246 valence electrons. The standard InChI is InChI=1S/C31H39N6O8P/c1-19(28(38)43-21-12-5-4-6-13-21)36-46(40,45-24-15-9-11-20-10-7-8-14-23(20)24)42-17-22-16-31(2,39)29(44-22)37-18-33-25-26(37)34-30(32)35-27(25)41-3/h7-11,14-15,18-19,21-22,29,39H,4-6,12-13,16-17H2,1-3H3,(H,36,40)(H2,32,34,35)/t19?,22-,29?,31+,46?/m0/s1. The van der Waals surface area contributed by atoms with E-state index in [0.717, 1.165) is 42.9 Å². The lowest BCUT2D eigenvalue weighted by atomic mass is 9.98. The van der Waals surface area contributed by atoms with Crippen molar-refractivity contribution in [2.75, 3.05) is 19.5 Å². The maximum Gasteiger partial charge on any atom is 0.459 e. The van der Waals surface area contributed by atoms with E-state index >= 15 is 0 Å². The number of methoxy groups -OCH3 is 1. The van der Waals surface area contributed by atoms with Gasteiger partial charge in [0, 0.05) is 11.8 Å². The van der Waals surface area contributed by atoms with Crippen molar-refractivity contribution in [2.24, 2.45) is 0 Å². The minimum absolute atomic E-state index is 0.0302. The predicted octanol–water partition coefficient (Wildman–Crippen LogP) is 4.67. The first-order valence-electron chi connectivity index (χ1n) is 15.4. The molecule has 2 aromatic heterocycles. The molecule has 0 amide bonds. The fourth-order valence-electron chi connectivity index (χ4n) is 6.04. The number of aliphatic hydroxyl groups is 1. The molecule has 1 aliphatic carbocycles. The third-order valence-corrected chi connectivity index (χ3v) is 9.92. The van der Waals surface area contributed by atoms with Crippen LogP contribution in [-0.2, 0) is 23.4 Å². The first-order valence-corrected chi connectivity index (χ1v) is 16.9. The van der Waals surface area contributed by atoms with Gasteiger partial charge in [-0.15, -0.1) is 0 Å². The number of nitrogens with one attached hydrogen (secondary N) is 1. The molecular formula is C31H39N6O8P. The summed E-state index contributed by atoms with van der Waals surface area (Å²) in [5, 5.41) is 15.8. The second kappa shape index (κ2) is 13.1. The minimum Gasteiger partial charge on any atom is -0.479 e. The number of carbonyl (C=O) groups excluding carboxylic acids is 1. The van der Waals surface area contributed by atoms with Gasteiger partial charge in [-0.25, -0.2) is 9.55 Å². The summed E-state index contributed by atoms with van der Waals surface area (Å²) in [5.41, 5.74) is 5.14. The van der Waals surface area contributed by atoms with E-state index in [2.05, 4.69) is 20.0 Å². The molecule has 46 heavy (non-hydrogen) atoms. The number of hydrogen-bond donors (Lipinski definition) is 3. The highest BCUT2D eigenvalue weighted by Crippen LogP contribution is 2.48. The van der Waals surface area contributed by atoms with Gasteiger partial charge in [-0.05, 0) is 51.0 Å². The van der Waals surface area contributed by atoms with Gasteiger partial charge in [0.05, 0.1) is 26.1 Å². The summed E-state index contributed by atoms with van der Waals surface area (Å²) >= 11 is 0. The number of anilines is 1. The summed E-state index contributed by atoms with van der Waals surface area (Å²) in [6.07, 6.45) is 4.45. The number of ether oxygens (including phenoxy) is 3. The summed E-state index contributed by atoms with van der Waals surface area (Å²) in [7, 11) is -2.78. The van der Waals surface area contributed by atoms with Gasteiger partial charge in [0.15, 0.2) is 17.4 Å². The van der Waals surface area contributed by atoms with Crippen LogP contribution in [0.3, 0.4) is 0 Å². The number of rotatable bonds is 11. The number of benzene rings is 2. The molecule has 0 spiro atoms. The number of esters is 1. The number of hydrogen-bond acceptors (Lipinski definition) is 12. The molecule has 5 atom stereocenters. The van der Waals surface area contributed by atoms with Gasteiger partial charge in [-0.2, -0.15) is 15.1 Å². The van der Waals surface area contributed by atoms with Gasteiger partial charge in [0.25, 0.3) is 0 Å². The summed E-state index contributed by atoms with van der Waals surface area (Å²) in [6.45, 7) is 2.94. The Balaban J connectivity index is 1.22. The van der Waals surface area contributed by atoms with Crippen LogP contribution < -0.4 is 20.1 Å². The van der Waals surface area contributed by atoms with Crippen LogP contribution in [0.2, 0.25) is 0 Å². The van der Waals surface area contributed by atoms with Gasteiger partial charge in [-0.1, -0.05) is 42.8 Å². The van der Waals surface area contributed by atoms with Gasteiger partial charge in [-0.3, -0.25) is 13.9 Å². The molecule has 14 nitrogen and oxygen atoms in total. The highest BCUT2D eigenvalue weighted by atomic mass is 31.2. The number of carbonyl (C=O) groups is 1. The summed E-state index contributed by atoms with van der Waals surface area (Å²) in [5.74, 6) is -0.0685. The van der Waals surface area contributed by atoms with Crippen molar-refractivity contribution in [1.29, 1.82) is 0 Å². The van der Waals surface area contributed by atoms with E-state index < -0.39 is 37.7 Å². The van der Waals surface area contributed by atoms with E-state index in [1.165, 1.54) is 13.4 Å². The molecule has 0 radical (unpaired) electrons. The van der Waals surface area contributed by atoms with Crippen molar-refractivity contribution in [3.63, 3.8) is 0 Å². The van der Waals surface area contributed by atoms with Crippen molar-refractivity contribution in [3.05, 3.63) is 48.8 Å². The molecule has 1 aliphatic heterocycles. The highest BCUT2D eigenvalue weighted by Gasteiger charge is 2.47. The minimum atomic E-state index is -4.22. The molecule has 15 heteroatoms. The van der Waals surface area contributed by atoms with Crippen LogP contribution in [0.1, 0.15) is 58.6 Å². The van der Waals surface area contributed by atoms with Crippen LogP contribution in [0.5, 0.6) is 11.6 Å². The normalized spacial score (nSPS) is 24.1. The first-order chi connectivity index (χ1) is 22.0. The second-order valence-corrected chi connectivity index (χ2v) is 13.7. The fourth-order valence-corrected chi connectivity index (χ4v) is 7.58. The molecule has 0 bridgehead atoms. The highest BCUT2D eigenvalue weighted by molar-refractivity contribution is 7.52. The average molecular weight is 655 g/mol. The van der Waals surface area contributed by atoms with Crippen LogP contribution >= 0.6 is 7.75 Å². The van der Waals surface area contributed by atoms with E-state index in [4.69, 9.17) is 29.0 Å². The Morgan fingerprint density at radius 2 is 1.96 bits per heavy atom. The van der Waals surface area contributed by atoms with Crippen molar-refractivity contribution in [3.8, 4) is 11.6 Å². The van der Waals surface area contributed by atoms with Crippen molar-refractivity contribution < 1.29 is 37.7 Å². The van der Waals surface area contributed by atoms with Gasteiger partial charge in [0.1, 0.15) is 23.5 Å². The topological polar surface area (TPSA) is 182 Å². The molecule has 4 aromatic rings. The molecule has 3 heterocycles. The molecule has 6 rings (SSSR count). The monoisotopic (exact) mass is 654 g/mol. The quantitative estimate of drug-likeness (QED) is 0.150. The van der Waals surface area contributed by atoms with E-state index in [0.29, 0.717) is 16.9 Å². The Labute approximate surface area is 266 Å². The summed E-state index contributed by atoms with van der Waals surface area (Å²) in [4.78, 5) is 25.7. The second-order valence-electron chi connectivity index (χ2n) is 12.0. The van der Waals surface area contributed by atoms with Gasteiger partial charge in [0.2, 0.25) is 11.8 Å². The Morgan fingerprint density at radius 1 is 1.20 bits per heavy atom. The SMILES string of the molecule is COc1nc(N)nc2c1ncn2C1O[C@H](COP(=O)(NC(C)C(=O)OC2CCCCC2)Oc2cccc3ccccc23)C[C@@]1(C)O. The van der Waals surface area contributed by atoms with Crippen LogP contribution in [-0.4, -0.2) is 68.2 Å². The maximum absolute atomic E-state index is 14.4. The smallest absolute Gasteiger partial charge is 0.459 e. The molecule has 2 aliphatic rings. The number of imidazole rings is 1. The molecule has 3 unspecified atom stereocenters. The lowest BCUT2D eigenvalue weighted by Crippen LogP contribution is -2.38. The Kier molecular flexibility index (Phi) is 9.17. The van der Waals surface area contributed by atoms with Crippen LogP contribution in [0.4, 0.5) is 5.95 Å². The van der Waals surface area contributed by atoms with Crippen LogP contribution in [0, 0.1) is 0 Å². The van der Waals surface area contributed by atoms with Crippen molar-refractivity contribution in [2.45, 2.75) is 82.5 Å². The molecule has 1 saturated carbocycles. The number of fused-ring (bicyclic) bond motifs is 2. The summed E-state index contributed by atoms with van der Waals surface area (Å²) < 4.78 is 45.2. The van der Waals surface area contributed by atoms with E-state index in [-0.39, 0.29) is 31.0 Å². The third kappa shape index (κ3) is 6.81. The number of nitrogen functional groups attached to an aromatic ring is 1. The van der Waals surface area contributed by atoms with Crippen molar-refractivity contribution >= 4 is 41.6 Å². The Bertz CT molecular complexity index is 1750. The third-order valence-electron chi connectivity index (χ3n) is 8.29. The first kappa shape index (κ1) is 32.1. The zero-order valence-electron chi connectivity index (χ0n) is 26.0. The molecule has 2 aromatic carbocycles. The number of aromatic nitrogens is 4. The Hall–Kier alpha value is -3.81. The molecule has 2 fully saturated rings. The number of nitrogens with zero attached hydrogens (tertiary/aromatic N) is 4. The summed E-state index contributed by atoms with van der Waals surface area (Å²) in [6, 6.07) is 11.9. The van der Waals surface area contributed by atoms with E-state index in [1.807, 2.05) is 30.3 Å². The lowest BCUT2D eigenvalue weighted by molar-refractivity contribution is -0.152. The maximum atomic E-state index is 14.4. The zero-order chi connectivity index (χ0) is 32.5. The average Bonchev–Trinajstić information content (AvgIpc) is 3.59.